The van der Waals surface area contributed by atoms with Crippen molar-refractivity contribution in [2.75, 3.05) is 0 Å². The lowest BCUT2D eigenvalue weighted by atomic mass is 9.81. The van der Waals surface area contributed by atoms with E-state index in [0.29, 0.717) is 5.92 Å². The maximum absolute atomic E-state index is 12.3. The van der Waals surface area contributed by atoms with Crippen LogP contribution in [0.4, 0.5) is 0 Å². The Hall–Kier alpha value is -0.530. The standard InChI is InChI=1S/C15H26O2.2CH4/c1-5-14(3,4)13(16)17-15(6-2)10-11-7-8-12(15)9-11;;/h11-12H,5-10H2,1-4H3;2*1H4. The number of hydrogen-bond donors (Lipinski definition) is 0. The minimum Gasteiger partial charge on any atom is -0.458 e. The predicted molar refractivity (Wildman–Crippen MR) is 82.1 cm³/mol. The lowest BCUT2D eigenvalue weighted by molar-refractivity contribution is -0.177. The van der Waals surface area contributed by atoms with Crippen molar-refractivity contribution < 1.29 is 9.53 Å². The highest BCUT2D eigenvalue weighted by Crippen LogP contribution is 2.54. The van der Waals surface area contributed by atoms with E-state index in [1.165, 1.54) is 19.3 Å². The highest BCUT2D eigenvalue weighted by atomic mass is 16.6. The van der Waals surface area contributed by atoms with E-state index in [2.05, 4.69) is 13.8 Å². The molecule has 0 N–H and O–H groups in total. The second kappa shape index (κ2) is 6.28. The maximum atomic E-state index is 12.3. The molecule has 2 rings (SSSR count). The molecule has 3 atom stereocenters. The van der Waals surface area contributed by atoms with Crippen molar-refractivity contribution in [3.63, 3.8) is 0 Å². The van der Waals surface area contributed by atoms with Crippen LogP contribution in [0, 0.1) is 17.3 Å². The molecule has 2 saturated carbocycles. The van der Waals surface area contributed by atoms with Gasteiger partial charge in [-0.1, -0.05) is 28.7 Å². The average Bonchev–Trinajstić information content (AvgIpc) is 2.89. The van der Waals surface area contributed by atoms with Gasteiger partial charge < -0.3 is 4.74 Å². The summed E-state index contributed by atoms with van der Waals surface area (Å²) in [5.74, 6) is 1.46. The molecule has 2 nitrogen and oxygen atoms in total. The number of carbonyl (C=O) groups is 1. The molecule has 0 aromatic rings. The second-order valence-corrected chi connectivity index (χ2v) is 6.63. The van der Waals surface area contributed by atoms with Gasteiger partial charge in [-0.15, -0.1) is 0 Å². The molecular weight excluding hydrogens is 236 g/mol. The van der Waals surface area contributed by atoms with Gasteiger partial charge in [-0.05, 0) is 64.2 Å². The molecule has 2 aliphatic carbocycles. The number of ether oxygens (including phenoxy) is 1. The molecule has 2 fully saturated rings. The lowest BCUT2D eigenvalue weighted by Gasteiger charge is -2.38. The molecule has 3 unspecified atom stereocenters. The van der Waals surface area contributed by atoms with Gasteiger partial charge in [0.1, 0.15) is 5.60 Å². The zero-order chi connectivity index (χ0) is 12.7. The second-order valence-electron chi connectivity index (χ2n) is 6.63. The highest BCUT2D eigenvalue weighted by molar-refractivity contribution is 5.76. The Bertz CT molecular complexity index is 308. The van der Waals surface area contributed by atoms with Crippen LogP contribution in [-0.4, -0.2) is 11.6 Å². The van der Waals surface area contributed by atoms with E-state index in [-0.39, 0.29) is 31.8 Å². The van der Waals surface area contributed by atoms with Crippen molar-refractivity contribution in [1.29, 1.82) is 0 Å². The molecule has 0 saturated heterocycles. The fourth-order valence-electron chi connectivity index (χ4n) is 3.49. The van der Waals surface area contributed by atoms with Gasteiger partial charge >= 0.3 is 5.97 Å². The van der Waals surface area contributed by atoms with Crippen LogP contribution in [0.2, 0.25) is 0 Å². The van der Waals surface area contributed by atoms with Crippen LogP contribution in [0.1, 0.15) is 81.1 Å². The Labute approximate surface area is 120 Å². The van der Waals surface area contributed by atoms with E-state index in [0.717, 1.165) is 25.2 Å². The molecule has 0 aliphatic heterocycles. The molecule has 0 amide bonds. The van der Waals surface area contributed by atoms with Gasteiger partial charge in [-0.2, -0.15) is 0 Å². The third-order valence-electron chi connectivity index (χ3n) is 5.25. The van der Waals surface area contributed by atoms with Crippen molar-refractivity contribution in [2.45, 2.75) is 86.7 Å². The largest absolute Gasteiger partial charge is 0.458 e. The Balaban J connectivity index is 0.00000162. The third-order valence-corrected chi connectivity index (χ3v) is 5.25. The van der Waals surface area contributed by atoms with Crippen molar-refractivity contribution >= 4 is 5.97 Å². The van der Waals surface area contributed by atoms with Crippen LogP contribution in [-0.2, 0) is 9.53 Å². The first-order chi connectivity index (χ1) is 7.93. The predicted octanol–water partition coefficient (Wildman–Crippen LogP) is 5.21. The Morgan fingerprint density at radius 2 is 1.89 bits per heavy atom. The van der Waals surface area contributed by atoms with Crippen molar-refractivity contribution in [3.8, 4) is 0 Å². The number of esters is 1. The van der Waals surface area contributed by atoms with E-state index in [1.807, 2.05) is 13.8 Å². The van der Waals surface area contributed by atoms with Crippen molar-refractivity contribution in [1.82, 2.24) is 0 Å². The van der Waals surface area contributed by atoms with Gasteiger partial charge in [-0.25, -0.2) is 0 Å². The fourth-order valence-corrected chi connectivity index (χ4v) is 3.49. The molecule has 19 heavy (non-hydrogen) atoms. The van der Waals surface area contributed by atoms with Crippen LogP contribution in [0.25, 0.3) is 0 Å². The van der Waals surface area contributed by atoms with E-state index in [1.54, 1.807) is 0 Å². The van der Waals surface area contributed by atoms with Gasteiger partial charge in [0, 0.05) is 0 Å². The molecule has 0 aromatic heterocycles. The van der Waals surface area contributed by atoms with E-state index in [9.17, 15) is 4.79 Å². The lowest BCUT2D eigenvalue weighted by Crippen LogP contribution is -2.43. The summed E-state index contributed by atoms with van der Waals surface area (Å²) in [5, 5.41) is 0. The maximum Gasteiger partial charge on any atom is 0.312 e. The highest BCUT2D eigenvalue weighted by Gasteiger charge is 2.53. The Morgan fingerprint density at radius 3 is 2.26 bits per heavy atom. The first-order valence-electron chi connectivity index (χ1n) is 7.17. The summed E-state index contributed by atoms with van der Waals surface area (Å²) in [6.07, 6.45) is 6.84. The number of fused-ring (bicyclic) bond motifs is 2. The summed E-state index contributed by atoms with van der Waals surface area (Å²) in [7, 11) is 0. The molecule has 2 heteroatoms. The Morgan fingerprint density at radius 1 is 1.26 bits per heavy atom. The minimum absolute atomic E-state index is 0. The third kappa shape index (κ3) is 3.14. The van der Waals surface area contributed by atoms with E-state index < -0.39 is 0 Å². The summed E-state index contributed by atoms with van der Waals surface area (Å²) >= 11 is 0. The summed E-state index contributed by atoms with van der Waals surface area (Å²) < 4.78 is 6.00. The van der Waals surface area contributed by atoms with Crippen LogP contribution < -0.4 is 0 Å². The first kappa shape index (κ1) is 18.5. The summed E-state index contributed by atoms with van der Waals surface area (Å²) in [6.45, 7) is 8.21. The zero-order valence-electron chi connectivity index (χ0n) is 11.7. The summed E-state index contributed by atoms with van der Waals surface area (Å²) in [4.78, 5) is 12.3. The smallest absolute Gasteiger partial charge is 0.312 e. The summed E-state index contributed by atoms with van der Waals surface area (Å²) in [6, 6.07) is 0. The molecule has 0 aromatic carbocycles. The van der Waals surface area contributed by atoms with Gasteiger partial charge in [0.25, 0.3) is 0 Å². The zero-order valence-corrected chi connectivity index (χ0v) is 11.7. The van der Waals surface area contributed by atoms with Crippen LogP contribution in [0.3, 0.4) is 0 Å². The number of carbonyl (C=O) groups excluding carboxylic acids is 1. The van der Waals surface area contributed by atoms with Crippen LogP contribution in [0.5, 0.6) is 0 Å². The van der Waals surface area contributed by atoms with Crippen LogP contribution >= 0.6 is 0 Å². The monoisotopic (exact) mass is 270 g/mol. The molecule has 0 radical (unpaired) electrons. The fraction of sp³-hybridized carbons (Fsp3) is 0.941. The average molecular weight is 270 g/mol. The van der Waals surface area contributed by atoms with Crippen molar-refractivity contribution in [2.24, 2.45) is 17.3 Å². The minimum atomic E-state index is -0.329. The van der Waals surface area contributed by atoms with Gasteiger partial charge in [0.05, 0.1) is 5.41 Å². The quantitative estimate of drug-likeness (QED) is 0.656. The Kier molecular flexibility index (Phi) is 6.10. The SMILES string of the molecule is C.C.CCC(C)(C)C(=O)OC1(CC)CC2CCC1C2. The molecule has 0 spiro atoms. The van der Waals surface area contributed by atoms with Gasteiger partial charge in [-0.3, -0.25) is 4.79 Å². The molecule has 0 heterocycles. The molecule has 114 valence electrons. The van der Waals surface area contributed by atoms with Gasteiger partial charge in [0.15, 0.2) is 0 Å². The topological polar surface area (TPSA) is 26.3 Å². The van der Waals surface area contributed by atoms with E-state index >= 15 is 0 Å². The number of rotatable bonds is 4. The van der Waals surface area contributed by atoms with Gasteiger partial charge in [0.2, 0.25) is 0 Å². The molecule has 2 aliphatic rings. The van der Waals surface area contributed by atoms with E-state index in [4.69, 9.17) is 4.74 Å². The number of hydrogen-bond acceptors (Lipinski definition) is 2. The first-order valence-corrected chi connectivity index (χ1v) is 7.17. The molecular formula is C17H34O2. The molecule has 2 bridgehead atoms. The summed E-state index contributed by atoms with van der Waals surface area (Å²) in [5.41, 5.74) is -0.448. The normalized spacial score (nSPS) is 32.4. The van der Waals surface area contributed by atoms with Crippen LogP contribution in [0.15, 0.2) is 0 Å². The van der Waals surface area contributed by atoms with Crippen molar-refractivity contribution in [3.05, 3.63) is 0 Å².